The standard InChI is InChI=1S/C22H23FN4O2/c23-17-6-4-16(5-7-17)22-26-25-21(29-22)13-12-20(28)24-18-8-10-19(11-9-18)27-14-2-1-3-15-27/h4-11H,1-3,12-15H2,(H,24,28). The number of carbonyl (C=O) groups excluding carboxylic acids is 1. The largest absolute Gasteiger partial charge is 0.421 e. The molecule has 1 aliphatic rings. The molecule has 29 heavy (non-hydrogen) atoms. The Bertz CT molecular complexity index is 948. The molecule has 1 aromatic heterocycles. The van der Waals surface area contributed by atoms with E-state index in [0.717, 1.165) is 18.8 Å². The van der Waals surface area contributed by atoms with E-state index < -0.39 is 0 Å². The molecule has 7 heteroatoms. The lowest BCUT2D eigenvalue weighted by atomic mass is 10.1. The molecule has 1 saturated heterocycles. The second-order valence-corrected chi connectivity index (χ2v) is 7.15. The van der Waals surface area contributed by atoms with Crippen molar-refractivity contribution in [2.45, 2.75) is 32.1 Å². The minimum absolute atomic E-state index is 0.114. The number of nitrogens with one attached hydrogen (secondary N) is 1. The van der Waals surface area contributed by atoms with Crippen LogP contribution >= 0.6 is 0 Å². The quantitative estimate of drug-likeness (QED) is 0.669. The van der Waals surface area contributed by atoms with Crippen molar-refractivity contribution in [1.82, 2.24) is 10.2 Å². The Hall–Kier alpha value is -3.22. The van der Waals surface area contributed by atoms with E-state index in [0.29, 0.717) is 23.8 Å². The van der Waals surface area contributed by atoms with Gasteiger partial charge in [0.25, 0.3) is 0 Å². The van der Waals surface area contributed by atoms with Gasteiger partial charge in [0.2, 0.25) is 17.7 Å². The lowest BCUT2D eigenvalue weighted by Crippen LogP contribution is -2.29. The summed E-state index contributed by atoms with van der Waals surface area (Å²) in [6.07, 6.45) is 4.34. The Kier molecular flexibility index (Phi) is 5.84. The number of amides is 1. The molecule has 3 aromatic rings. The smallest absolute Gasteiger partial charge is 0.247 e. The van der Waals surface area contributed by atoms with Gasteiger partial charge >= 0.3 is 0 Å². The minimum atomic E-state index is -0.325. The maximum absolute atomic E-state index is 13.0. The first-order valence-electron chi connectivity index (χ1n) is 9.90. The number of aryl methyl sites for hydroxylation is 1. The predicted molar refractivity (Wildman–Crippen MR) is 109 cm³/mol. The van der Waals surface area contributed by atoms with E-state index in [1.165, 1.54) is 37.1 Å². The van der Waals surface area contributed by atoms with Crippen molar-refractivity contribution < 1.29 is 13.6 Å². The van der Waals surface area contributed by atoms with Crippen LogP contribution in [0.2, 0.25) is 0 Å². The van der Waals surface area contributed by atoms with Crippen LogP contribution in [0.1, 0.15) is 31.6 Å². The molecule has 0 saturated carbocycles. The first kappa shape index (κ1) is 19.1. The van der Waals surface area contributed by atoms with Crippen LogP contribution in [0.4, 0.5) is 15.8 Å². The number of aromatic nitrogens is 2. The third kappa shape index (κ3) is 4.99. The predicted octanol–water partition coefficient (Wildman–Crippen LogP) is 4.44. The van der Waals surface area contributed by atoms with Crippen LogP contribution in [-0.4, -0.2) is 29.2 Å². The van der Waals surface area contributed by atoms with Gasteiger partial charge in [0, 0.05) is 42.9 Å². The normalized spacial score (nSPS) is 14.0. The van der Waals surface area contributed by atoms with Crippen LogP contribution in [0, 0.1) is 5.82 Å². The molecule has 150 valence electrons. The van der Waals surface area contributed by atoms with Crippen molar-refractivity contribution in [3.8, 4) is 11.5 Å². The van der Waals surface area contributed by atoms with Crippen LogP contribution in [0.25, 0.3) is 11.5 Å². The first-order valence-corrected chi connectivity index (χ1v) is 9.90. The molecule has 0 unspecified atom stereocenters. The maximum Gasteiger partial charge on any atom is 0.247 e. The van der Waals surface area contributed by atoms with Gasteiger partial charge in [0.05, 0.1) is 0 Å². The van der Waals surface area contributed by atoms with E-state index in [-0.39, 0.29) is 18.1 Å². The van der Waals surface area contributed by atoms with Crippen molar-refractivity contribution in [2.24, 2.45) is 0 Å². The average molecular weight is 394 g/mol. The SMILES string of the molecule is O=C(CCc1nnc(-c2ccc(F)cc2)o1)Nc1ccc(N2CCCCC2)cc1. The highest BCUT2D eigenvalue weighted by atomic mass is 19.1. The second kappa shape index (κ2) is 8.86. The molecule has 2 heterocycles. The highest BCUT2D eigenvalue weighted by Crippen LogP contribution is 2.22. The molecule has 0 bridgehead atoms. The third-order valence-electron chi connectivity index (χ3n) is 5.00. The topological polar surface area (TPSA) is 71.3 Å². The summed E-state index contributed by atoms with van der Waals surface area (Å²) in [5.41, 5.74) is 2.61. The molecule has 0 atom stereocenters. The lowest BCUT2D eigenvalue weighted by Gasteiger charge is -2.28. The summed E-state index contributed by atoms with van der Waals surface area (Å²) in [4.78, 5) is 14.6. The molecule has 1 N–H and O–H groups in total. The number of hydrogen-bond donors (Lipinski definition) is 1. The van der Waals surface area contributed by atoms with Crippen LogP contribution in [0.5, 0.6) is 0 Å². The van der Waals surface area contributed by atoms with Crippen molar-refractivity contribution in [1.29, 1.82) is 0 Å². The zero-order valence-corrected chi connectivity index (χ0v) is 16.1. The van der Waals surface area contributed by atoms with Gasteiger partial charge in [0.15, 0.2) is 0 Å². The van der Waals surface area contributed by atoms with Crippen LogP contribution in [0.15, 0.2) is 52.9 Å². The summed E-state index contributed by atoms with van der Waals surface area (Å²) >= 11 is 0. The Balaban J connectivity index is 1.28. The third-order valence-corrected chi connectivity index (χ3v) is 5.00. The minimum Gasteiger partial charge on any atom is -0.421 e. The molecule has 1 amide bonds. The Morgan fingerprint density at radius 1 is 1.00 bits per heavy atom. The fraction of sp³-hybridized carbons (Fsp3) is 0.318. The number of anilines is 2. The van der Waals surface area contributed by atoms with Gasteiger partial charge in [0.1, 0.15) is 5.82 Å². The van der Waals surface area contributed by atoms with E-state index in [9.17, 15) is 9.18 Å². The van der Waals surface area contributed by atoms with Crippen molar-refractivity contribution in [2.75, 3.05) is 23.3 Å². The summed E-state index contributed by atoms with van der Waals surface area (Å²) in [5.74, 6) is 0.250. The number of piperidine rings is 1. The zero-order chi connectivity index (χ0) is 20.1. The van der Waals surface area contributed by atoms with Gasteiger partial charge in [-0.15, -0.1) is 10.2 Å². The van der Waals surface area contributed by atoms with Gasteiger partial charge in [-0.05, 0) is 67.8 Å². The fourth-order valence-electron chi connectivity index (χ4n) is 3.42. The fourth-order valence-corrected chi connectivity index (χ4v) is 3.42. The van der Waals surface area contributed by atoms with Crippen LogP contribution in [0.3, 0.4) is 0 Å². The molecule has 0 radical (unpaired) electrons. The molecule has 6 nitrogen and oxygen atoms in total. The number of rotatable bonds is 6. The average Bonchev–Trinajstić information content (AvgIpc) is 3.23. The molecular formula is C22H23FN4O2. The summed E-state index contributed by atoms with van der Waals surface area (Å²) < 4.78 is 18.6. The highest BCUT2D eigenvalue weighted by Gasteiger charge is 2.13. The molecule has 2 aromatic carbocycles. The van der Waals surface area contributed by atoms with E-state index in [1.54, 1.807) is 12.1 Å². The summed E-state index contributed by atoms with van der Waals surface area (Å²) in [5, 5.41) is 10.8. The van der Waals surface area contributed by atoms with E-state index in [4.69, 9.17) is 4.42 Å². The molecule has 1 aliphatic heterocycles. The summed E-state index contributed by atoms with van der Waals surface area (Å²) in [6, 6.07) is 13.8. The Morgan fingerprint density at radius 2 is 1.72 bits per heavy atom. The van der Waals surface area contributed by atoms with E-state index in [1.807, 2.05) is 24.3 Å². The van der Waals surface area contributed by atoms with E-state index in [2.05, 4.69) is 20.4 Å². The number of hydrogen-bond acceptors (Lipinski definition) is 5. The van der Waals surface area contributed by atoms with Crippen molar-refractivity contribution in [3.05, 3.63) is 60.2 Å². The molecular weight excluding hydrogens is 371 g/mol. The van der Waals surface area contributed by atoms with Gasteiger partial charge < -0.3 is 14.6 Å². The van der Waals surface area contributed by atoms with Crippen molar-refractivity contribution >= 4 is 17.3 Å². The summed E-state index contributed by atoms with van der Waals surface area (Å²) in [6.45, 7) is 2.19. The van der Waals surface area contributed by atoms with Crippen LogP contribution in [-0.2, 0) is 11.2 Å². The van der Waals surface area contributed by atoms with Crippen molar-refractivity contribution in [3.63, 3.8) is 0 Å². The van der Waals surface area contributed by atoms with Gasteiger partial charge in [-0.25, -0.2) is 4.39 Å². The Morgan fingerprint density at radius 3 is 2.45 bits per heavy atom. The number of nitrogens with zero attached hydrogens (tertiary/aromatic N) is 3. The van der Waals surface area contributed by atoms with Gasteiger partial charge in [-0.1, -0.05) is 0 Å². The first-order chi connectivity index (χ1) is 14.2. The number of halogens is 1. The molecule has 0 spiro atoms. The molecule has 4 rings (SSSR count). The highest BCUT2D eigenvalue weighted by molar-refractivity contribution is 5.90. The second-order valence-electron chi connectivity index (χ2n) is 7.15. The lowest BCUT2D eigenvalue weighted by molar-refractivity contribution is -0.116. The van der Waals surface area contributed by atoms with Crippen LogP contribution < -0.4 is 10.2 Å². The maximum atomic E-state index is 13.0. The Labute approximate surface area is 168 Å². The number of benzene rings is 2. The van der Waals surface area contributed by atoms with Gasteiger partial charge in [-0.2, -0.15) is 0 Å². The molecule has 0 aliphatic carbocycles. The van der Waals surface area contributed by atoms with E-state index >= 15 is 0 Å². The van der Waals surface area contributed by atoms with Gasteiger partial charge in [-0.3, -0.25) is 4.79 Å². The zero-order valence-electron chi connectivity index (χ0n) is 16.1. The summed E-state index contributed by atoms with van der Waals surface area (Å²) in [7, 11) is 0. The molecule has 1 fully saturated rings. The number of carbonyl (C=O) groups is 1. The monoisotopic (exact) mass is 394 g/mol.